The SMILES string of the molecule is CCN(CC)CCOc1cc(C)ncc1CN. The Hall–Kier alpha value is -1.13. The fourth-order valence-corrected chi connectivity index (χ4v) is 1.68. The van der Waals surface area contributed by atoms with Gasteiger partial charge in [0.2, 0.25) is 0 Å². The van der Waals surface area contributed by atoms with E-state index in [1.165, 1.54) is 0 Å². The third kappa shape index (κ3) is 4.32. The van der Waals surface area contributed by atoms with Crippen LogP contribution in [0.4, 0.5) is 0 Å². The molecule has 0 aromatic carbocycles. The molecule has 0 radical (unpaired) electrons. The average Bonchev–Trinajstić information content (AvgIpc) is 2.35. The highest BCUT2D eigenvalue weighted by atomic mass is 16.5. The Morgan fingerprint density at radius 1 is 1.35 bits per heavy atom. The summed E-state index contributed by atoms with van der Waals surface area (Å²) in [5.41, 5.74) is 7.58. The van der Waals surface area contributed by atoms with Gasteiger partial charge in [0.15, 0.2) is 0 Å². The lowest BCUT2D eigenvalue weighted by Gasteiger charge is -2.18. The van der Waals surface area contributed by atoms with Gasteiger partial charge in [-0.2, -0.15) is 0 Å². The number of nitrogens with zero attached hydrogens (tertiary/aromatic N) is 2. The molecule has 4 nitrogen and oxygen atoms in total. The standard InChI is InChI=1S/C13H23N3O/c1-4-16(5-2)6-7-17-13-8-11(3)15-10-12(13)9-14/h8,10H,4-7,9,14H2,1-3H3. The van der Waals surface area contributed by atoms with E-state index in [0.717, 1.165) is 36.6 Å². The molecule has 0 aliphatic carbocycles. The number of rotatable bonds is 7. The highest BCUT2D eigenvalue weighted by Crippen LogP contribution is 2.17. The van der Waals surface area contributed by atoms with Crippen LogP contribution >= 0.6 is 0 Å². The maximum absolute atomic E-state index is 5.78. The van der Waals surface area contributed by atoms with Gasteiger partial charge < -0.3 is 15.4 Å². The summed E-state index contributed by atoms with van der Waals surface area (Å²) in [5, 5.41) is 0. The first-order valence-corrected chi connectivity index (χ1v) is 6.22. The first-order valence-electron chi connectivity index (χ1n) is 6.22. The van der Waals surface area contributed by atoms with Gasteiger partial charge in [0.1, 0.15) is 12.4 Å². The van der Waals surface area contributed by atoms with E-state index >= 15 is 0 Å². The Kier molecular flexibility index (Phi) is 5.94. The second-order valence-corrected chi connectivity index (χ2v) is 4.01. The number of aromatic nitrogens is 1. The van der Waals surface area contributed by atoms with Crippen LogP contribution in [-0.4, -0.2) is 36.1 Å². The first kappa shape index (κ1) is 13.9. The molecule has 0 saturated carbocycles. The van der Waals surface area contributed by atoms with Crippen LogP contribution in [0.5, 0.6) is 5.75 Å². The van der Waals surface area contributed by atoms with Crippen LogP contribution in [0.25, 0.3) is 0 Å². The van der Waals surface area contributed by atoms with Crippen LogP contribution in [0.2, 0.25) is 0 Å². The lowest BCUT2D eigenvalue weighted by molar-refractivity contribution is 0.221. The van der Waals surface area contributed by atoms with Gasteiger partial charge in [-0.3, -0.25) is 4.98 Å². The molecule has 1 heterocycles. The largest absolute Gasteiger partial charge is 0.492 e. The molecule has 1 aromatic heterocycles. The summed E-state index contributed by atoms with van der Waals surface area (Å²) in [7, 11) is 0. The highest BCUT2D eigenvalue weighted by molar-refractivity contribution is 5.32. The Morgan fingerprint density at radius 3 is 2.65 bits per heavy atom. The van der Waals surface area contributed by atoms with Gasteiger partial charge in [-0.1, -0.05) is 13.8 Å². The van der Waals surface area contributed by atoms with Crippen LogP contribution in [0, 0.1) is 6.92 Å². The molecule has 0 saturated heterocycles. The number of hydrogen-bond acceptors (Lipinski definition) is 4. The molecule has 96 valence electrons. The molecule has 0 fully saturated rings. The van der Waals surface area contributed by atoms with E-state index in [0.29, 0.717) is 13.2 Å². The average molecular weight is 237 g/mol. The molecule has 2 N–H and O–H groups in total. The van der Waals surface area contributed by atoms with Crippen molar-refractivity contribution in [3.63, 3.8) is 0 Å². The number of hydrogen-bond donors (Lipinski definition) is 1. The quantitative estimate of drug-likeness (QED) is 0.782. The number of nitrogens with two attached hydrogens (primary N) is 1. The first-order chi connectivity index (χ1) is 8.21. The fraction of sp³-hybridized carbons (Fsp3) is 0.615. The van der Waals surface area contributed by atoms with E-state index in [4.69, 9.17) is 10.5 Å². The van der Waals surface area contributed by atoms with Gasteiger partial charge in [0.05, 0.1) is 0 Å². The van der Waals surface area contributed by atoms with Gasteiger partial charge >= 0.3 is 0 Å². The molecule has 0 aliphatic rings. The van der Waals surface area contributed by atoms with E-state index in [1.54, 1.807) is 6.20 Å². The molecule has 0 atom stereocenters. The smallest absolute Gasteiger partial charge is 0.127 e. The number of aryl methyl sites for hydroxylation is 1. The molecule has 0 bridgehead atoms. The van der Waals surface area contributed by atoms with Crippen molar-refractivity contribution in [2.24, 2.45) is 5.73 Å². The van der Waals surface area contributed by atoms with E-state index in [9.17, 15) is 0 Å². The van der Waals surface area contributed by atoms with Crippen molar-refractivity contribution in [1.29, 1.82) is 0 Å². The molecule has 0 aliphatic heterocycles. The summed E-state index contributed by atoms with van der Waals surface area (Å²) >= 11 is 0. The fourth-order valence-electron chi connectivity index (χ4n) is 1.68. The van der Waals surface area contributed by atoms with E-state index < -0.39 is 0 Å². The minimum atomic E-state index is 0.466. The summed E-state index contributed by atoms with van der Waals surface area (Å²) in [5.74, 6) is 0.868. The van der Waals surface area contributed by atoms with Crippen molar-refractivity contribution in [1.82, 2.24) is 9.88 Å². The molecular weight excluding hydrogens is 214 g/mol. The molecule has 0 unspecified atom stereocenters. The van der Waals surface area contributed by atoms with Crippen molar-refractivity contribution < 1.29 is 4.74 Å². The predicted octanol–water partition coefficient (Wildman–Crippen LogP) is 1.57. The van der Waals surface area contributed by atoms with Gasteiger partial charge in [-0.05, 0) is 20.0 Å². The van der Waals surface area contributed by atoms with Crippen LogP contribution < -0.4 is 10.5 Å². The minimum absolute atomic E-state index is 0.466. The van der Waals surface area contributed by atoms with Crippen molar-refractivity contribution in [3.8, 4) is 5.75 Å². The molecule has 1 aromatic rings. The van der Waals surface area contributed by atoms with Gasteiger partial charge in [-0.15, -0.1) is 0 Å². The maximum atomic E-state index is 5.78. The Morgan fingerprint density at radius 2 is 2.06 bits per heavy atom. The Balaban J connectivity index is 2.53. The van der Waals surface area contributed by atoms with Gasteiger partial charge in [-0.25, -0.2) is 0 Å². The molecule has 4 heteroatoms. The van der Waals surface area contributed by atoms with Crippen LogP contribution in [0.1, 0.15) is 25.1 Å². The Labute approximate surface area is 104 Å². The minimum Gasteiger partial charge on any atom is -0.492 e. The number of pyridine rings is 1. The lowest BCUT2D eigenvalue weighted by Crippen LogP contribution is -2.28. The van der Waals surface area contributed by atoms with Crippen LogP contribution in [0.15, 0.2) is 12.3 Å². The summed E-state index contributed by atoms with van der Waals surface area (Å²) in [6.07, 6.45) is 1.79. The highest BCUT2D eigenvalue weighted by Gasteiger charge is 2.04. The zero-order chi connectivity index (χ0) is 12.7. The van der Waals surface area contributed by atoms with E-state index in [1.807, 2.05) is 13.0 Å². The second kappa shape index (κ2) is 7.25. The normalized spacial score (nSPS) is 10.9. The van der Waals surface area contributed by atoms with Crippen molar-refractivity contribution >= 4 is 0 Å². The van der Waals surface area contributed by atoms with Gasteiger partial charge in [0, 0.05) is 36.6 Å². The lowest BCUT2D eigenvalue weighted by atomic mass is 10.2. The zero-order valence-corrected chi connectivity index (χ0v) is 11.1. The molecule has 1 rings (SSSR count). The topological polar surface area (TPSA) is 51.4 Å². The summed E-state index contributed by atoms with van der Waals surface area (Å²) in [6, 6.07) is 1.95. The van der Waals surface area contributed by atoms with E-state index in [-0.39, 0.29) is 0 Å². The molecular formula is C13H23N3O. The third-order valence-corrected chi connectivity index (χ3v) is 2.86. The van der Waals surface area contributed by atoms with Crippen molar-refractivity contribution in [2.45, 2.75) is 27.3 Å². The van der Waals surface area contributed by atoms with Crippen LogP contribution in [-0.2, 0) is 6.54 Å². The third-order valence-electron chi connectivity index (χ3n) is 2.86. The Bertz CT molecular complexity index is 337. The monoisotopic (exact) mass is 237 g/mol. The van der Waals surface area contributed by atoms with E-state index in [2.05, 4.69) is 23.7 Å². The summed E-state index contributed by atoms with van der Waals surface area (Å²) < 4.78 is 5.78. The van der Waals surface area contributed by atoms with Crippen LogP contribution in [0.3, 0.4) is 0 Å². The number of ether oxygens (including phenoxy) is 1. The van der Waals surface area contributed by atoms with Crippen molar-refractivity contribution in [2.75, 3.05) is 26.2 Å². The van der Waals surface area contributed by atoms with Gasteiger partial charge in [0.25, 0.3) is 0 Å². The molecule has 17 heavy (non-hydrogen) atoms. The predicted molar refractivity (Wildman–Crippen MR) is 70.1 cm³/mol. The summed E-state index contributed by atoms with van der Waals surface area (Å²) in [6.45, 7) is 10.5. The molecule has 0 amide bonds. The zero-order valence-electron chi connectivity index (χ0n) is 11.1. The maximum Gasteiger partial charge on any atom is 0.127 e. The molecule has 0 spiro atoms. The summed E-state index contributed by atoms with van der Waals surface area (Å²) in [4.78, 5) is 6.55. The second-order valence-electron chi connectivity index (χ2n) is 4.01. The number of likely N-dealkylation sites (N-methyl/N-ethyl adjacent to an activating group) is 1. The van der Waals surface area contributed by atoms with Crippen molar-refractivity contribution in [3.05, 3.63) is 23.5 Å².